The smallest absolute Gasteiger partial charge is 0.323 e. The molecule has 1 aliphatic heterocycles. The highest BCUT2D eigenvalue weighted by atomic mass is 16.5. The summed E-state index contributed by atoms with van der Waals surface area (Å²) in [6.45, 7) is 5.94. The van der Waals surface area contributed by atoms with Crippen LogP contribution in [0.1, 0.15) is 19.8 Å². The Labute approximate surface area is 72.8 Å². The summed E-state index contributed by atoms with van der Waals surface area (Å²) >= 11 is 0. The molecular formula is C9H15NO2. The molecule has 1 aliphatic rings. The molecule has 0 bridgehead atoms. The molecule has 0 unspecified atom stereocenters. The summed E-state index contributed by atoms with van der Waals surface area (Å²) in [5.74, 6) is -0.137. The van der Waals surface area contributed by atoms with Gasteiger partial charge in [0.2, 0.25) is 0 Å². The van der Waals surface area contributed by atoms with Gasteiger partial charge in [-0.1, -0.05) is 6.08 Å². The summed E-state index contributed by atoms with van der Waals surface area (Å²) in [4.78, 5) is 11.2. The van der Waals surface area contributed by atoms with E-state index >= 15 is 0 Å². The molecule has 0 aromatic heterocycles. The van der Waals surface area contributed by atoms with Gasteiger partial charge in [0.15, 0.2) is 0 Å². The van der Waals surface area contributed by atoms with Gasteiger partial charge < -0.3 is 4.74 Å². The molecule has 2 atom stereocenters. The fourth-order valence-corrected chi connectivity index (χ4v) is 1.39. The third kappa shape index (κ3) is 2.08. The van der Waals surface area contributed by atoms with E-state index in [2.05, 4.69) is 11.9 Å². The molecule has 3 nitrogen and oxygen atoms in total. The lowest BCUT2D eigenvalue weighted by atomic mass is 10.2. The zero-order valence-electron chi connectivity index (χ0n) is 7.38. The van der Waals surface area contributed by atoms with Crippen molar-refractivity contribution in [3.05, 3.63) is 12.7 Å². The second-order valence-electron chi connectivity index (χ2n) is 2.89. The van der Waals surface area contributed by atoms with Gasteiger partial charge >= 0.3 is 5.97 Å². The van der Waals surface area contributed by atoms with Crippen molar-refractivity contribution in [1.82, 2.24) is 5.32 Å². The van der Waals surface area contributed by atoms with Crippen molar-refractivity contribution in [3.8, 4) is 0 Å². The van der Waals surface area contributed by atoms with Gasteiger partial charge in [-0.3, -0.25) is 10.1 Å². The Hall–Kier alpha value is -0.830. The molecule has 0 spiro atoms. The maximum absolute atomic E-state index is 11.2. The van der Waals surface area contributed by atoms with E-state index in [0.717, 1.165) is 12.8 Å². The van der Waals surface area contributed by atoms with Crippen LogP contribution in [-0.2, 0) is 9.53 Å². The second kappa shape index (κ2) is 4.26. The van der Waals surface area contributed by atoms with Crippen LogP contribution in [0, 0.1) is 0 Å². The van der Waals surface area contributed by atoms with E-state index in [-0.39, 0.29) is 18.1 Å². The molecule has 0 aliphatic carbocycles. The number of carbonyl (C=O) groups excluding carboxylic acids is 1. The van der Waals surface area contributed by atoms with Crippen LogP contribution in [0.4, 0.5) is 0 Å². The third-order valence-corrected chi connectivity index (χ3v) is 2.04. The van der Waals surface area contributed by atoms with E-state index in [1.807, 2.05) is 13.0 Å². The molecule has 1 N–H and O–H groups in total. The number of esters is 1. The predicted octanol–water partition coefficient (Wildman–Crippen LogP) is 0.856. The molecule has 1 saturated heterocycles. The van der Waals surface area contributed by atoms with Crippen molar-refractivity contribution in [1.29, 1.82) is 0 Å². The van der Waals surface area contributed by atoms with Crippen molar-refractivity contribution in [2.24, 2.45) is 0 Å². The van der Waals surface area contributed by atoms with Gasteiger partial charge in [0, 0.05) is 6.04 Å². The number of rotatable bonds is 3. The average Bonchev–Trinajstić information content (AvgIpc) is 2.52. The number of hydrogen-bond acceptors (Lipinski definition) is 3. The zero-order chi connectivity index (χ0) is 8.97. The molecule has 68 valence electrons. The normalized spacial score (nSPS) is 28.4. The van der Waals surface area contributed by atoms with Gasteiger partial charge in [0.25, 0.3) is 0 Å². The van der Waals surface area contributed by atoms with E-state index in [1.165, 1.54) is 0 Å². The third-order valence-electron chi connectivity index (χ3n) is 2.04. The molecule has 3 heteroatoms. The quantitative estimate of drug-likeness (QED) is 0.503. The highest BCUT2D eigenvalue weighted by Gasteiger charge is 2.27. The lowest BCUT2D eigenvalue weighted by Crippen LogP contribution is -2.35. The summed E-state index contributed by atoms with van der Waals surface area (Å²) in [7, 11) is 0. The Kier molecular flexibility index (Phi) is 3.29. The van der Waals surface area contributed by atoms with Crippen LogP contribution < -0.4 is 5.32 Å². The standard InChI is InChI=1S/C9H15NO2/c1-3-7-5-6-8(10-7)9(11)12-4-2/h3,7-8,10H,1,4-6H2,2H3/t7-,8+/m1/s1. The molecule has 0 amide bonds. The molecule has 0 aromatic carbocycles. The fourth-order valence-electron chi connectivity index (χ4n) is 1.39. The summed E-state index contributed by atoms with van der Waals surface area (Å²) in [5, 5.41) is 3.13. The molecule has 12 heavy (non-hydrogen) atoms. The van der Waals surface area contributed by atoms with Gasteiger partial charge in [0.1, 0.15) is 6.04 Å². The van der Waals surface area contributed by atoms with Gasteiger partial charge in [-0.05, 0) is 19.8 Å². The highest BCUT2D eigenvalue weighted by molar-refractivity contribution is 5.76. The lowest BCUT2D eigenvalue weighted by Gasteiger charge is -2.09. The Morgan fingerprint density at radius 3 is 3.00 bits per heavy atom. The van der Waals surface area contributed by atoms with Gasteiger partial charge in [-0.2, -0.15) is 0 Å². The Balaban J connectivity index is 2.35. The van der Waals surface area contributed by atoms with Crippen LogP contribution in [-0.4, -0.2) is 24.7 Å². The van der Waals surface area contributed by atoms with Crippen molar-refractivity contribution in [2.75, 3.05) is 6.61 Å². The number of hydrogen-bond donors (Lipinski definition) is 1. The maximum Gasteiger partial charge on any atom is 0.323 e. The SMILES string of the molecule is C=C[C@@H]1CC[C@@H](C(=O)OCC)N1. The molecule has 0 saturated carbocycles. The van der Waals surface area contributed by atoms with Crippen LogP contribution in [0.25, 0.3) is 0 Å². The van der Waals surface area contributed by atoms with E-state index in [0.29, 0.717) is 6.61 Å². The number of ether oxygens (including phenoxy) is 1. The zero-order valence-corrected chi connectivity index (χ0v) is 7.38. The van der Waals surface area contributed by atoms with Crippen molar-refractivity contribution in [2.45, 2.75) is 31.8 Å². The molecule has 0 aromatic rings. The van der Waals surface area contributed by atoms with Crippen molar-refractivity contribution < 1.29 is 9.53 Å². The van der Waals surface area contributed by atoms with Crippen LogP contribution in [0.3, 0.4) is 0 Å². The second-order valence-corrected chi connectivity index (χ2v) is 2.89. The summed E-state index contributed by atoms with van der Waals surface area (Å²) in [5.41, 5.74) is 0. The number of carbonyl (C=O) groups is 1. The average molecular weight is 169 g/mol. The molecular weight excluding hydrogens is 154 g/mol. The maximum atomic E-state index is 11.2. The summed E-state index contributed by atoms with van der Waals surface area (Å²) in [6.07, 6.45) is 3.67. The predicted molar refractivity (Wildman–Crippen MR) is 46.8 cm³/mol. The van der Waals surface area contributed by atoms with E-state index < -0.39 is 0 Å². The molecule has 1 heterocycles. The van der Waals surface area contributed by atoms with Gasteiger partial charge in [-0.25, -0.2) is 0 Å². The van der Waals surface area contributed by atoms with E-state index in [1.54, 1.807) is 0 Å². The van der Waals surface area contributed by atoms with E-state index in [4.69, 9.17) is 4.74 Å². The Bertz CT molecular complexity index is 179. The van der Waals surface area contributed by atoms with Gasteiger partial charge in [-0.15, -0.1) is 6.58 Å². The minimum Gasteiger partial charge on any atom is -0.465 e. The molecule has 1 rings (SSSR count). The van der Waals surface area contributed by atoms with Crippen LogP contribution >= 0.6 is 0 Å². The van der Waals surface area contributed by atoms with Crippen molar-refractivity contribution >= 4 is 5.97 Å². The van der Waals surface area contributed by atoms with Crippen molar-refractivity contribution in [3.63, 3.8) is 0 Å². The molecule has 1 fully saturated rings. The topological polar surface area (TPSA) is 38.3 Å². The largest absolute Gasteiger partial charge is 0.465 e. The van der Waals surface area contributed by atoms with E-state index in [9.17, 15) is 4.79 Å². The first-order valence-corrected chi connectivity index (χ1v) is 4.33. The monoisotopic (exact) mass is 169 g/mol. The molecule has 0 radical (unpaired) electrons. The first-order chi connectivity index (χ1) is 5.77. The van der Waals surface area contributed by atoms with Gasteiger partial charge in [0.05, 0.1) is 6.61 Å². The Morgan fingerprint density at radius 1 is 1.75 bits per heavy atom. The lowest BCUT2D eigenvalue weighted by molar-refractivity contribution is -0.145. The number of nitrogens with one attached hydrogen (secondary N) is 1. The fraction of sp³-hybridized carbons (Fsp3) is 0.667. The Morgan fingerprint density at radius 2 is 2.50 bits per heavy atom. The highest BCUT2D eigenvalue weighted by Crippen LogP contribution is 2.13. The summed E-state index contributed by atoms with van der Waals surface area (Å²) < 4.78 is 4.88. The summed E-state index contributed by atoms with van der Waals surface area (Å²) in [6, 6.07) is 0.160. The first kappa shape index (κ1) is 9.26. The first-order valence-electron chi connectivity index (χ1n) is 4.33. The van der Waals surface area contributed by atoms with Crippen LogP contribution in [0.15, 0.2) is 12.7 Å². The minimum atomic E-state index is -0.137. The van der Waals surface area contributed by atoms with Crippen LogP contribution in [0.5, 0.6) is 0 Å². The minimum absolute atomic E-state index is 0.118. The van der Waals surface area contributed by atoms with Crippen LogP contribution in [0.2, 0.25) is 0 Å².